The van der Waals surface area contributed by atoms with Gasteiger partial charge < -0.3 is 10.1 Å². The zero-order chi connectivity index (χ0) is 17.1. The molecule has 7 nitrogen and oxygen atoms in total. The van der Waals surface area contributed by atoms with Crippen molar-refractivity contribution in [2.45, 2.75) is 18.9 Å². The molecule has 0 spiro atoms. The smallest absolute Gasteiger partial charge is 0.262 e. The molecule has 0 saturated heterocycles. The quantitative estimate of drug-likeness (QED) is 0.749. The molecule has 1 saturated carbocycles. The third-order valence-corrected chi connectivity index (χ3v) is 3.90. The van der Waals surface area contributed by atoms with E-state index in [-0.39, 0.29) is 12.5 Å². The first kappa shape index (κ1) is 15.3. The number of rotatable bonds is 6. The Bertz CT molecular complexity index is 874. The van der Waals surface area contributed by atoms with Crippen LogP contribution in [-0.4, -0.2) is 32.7 Å². The zero-order valence-corrected chi connectivity index (χ0v) is 13.5. The number of ether oxygens (including phenoxy) is 1. The Morgan fingerprint density at radius 3 is 2.80 bits per heavy atom. The topological polar surface area (TPSA) is 81.9 Å². The molecule has 0 radical (unpaired) electrons. The first-order valence-corrected chi connectivity index (χ1v) is 8.15. The number of nitrogens with zero attached hydrogens (tertiary/aromatic N) is 4. The second-order valence-corrected chi connectivity index (χ2v) is 5.91. The fourth-order valence-electron chi connectivity index (χ4n) is 2.55. The van der Waals surface area contributed by atoms with Gasteiger partial charge in [-0.2, -0.15) is 0 Å². The summed E-state index contributed by atoms with van der Waals surface area (Å²) >= 11 is 0. The van der Waals surface area contributed by atoms with Crippen LogP contribution in [0.15, 0.2) is 54.6 Å². The fraction of sp³-hybridized carbons (Fsp3) is 0.222. The van der Waals surface area contributed by atoms with Crippen molar-refractivity contribution in [2.24, 2.45) is 0 Å². The Hall–Kier alpha value is -3.22. The molecule has 0 unspecified atom stereocenters. The molecule has 0 atom stereocenters. The highest BCUT2D eigenvalue weighted by atomic mass is 16.5. The lowest BCUT2D eigenvalue weighted by Crippen LogP contribution is -2.20. The van der Waals surface area contributed by atoms with E-state index in [1.807, 2.05) is 59.3 Å². The van der Waals surface area contributed by atoms with E-state index in [4.69, 9.17) is 4.74 Å². The maximum atomic E-state index is 12.1. The van der Waals surface area contributed by atoms with Crippen molar-refractivity contribution in [3.63, 3.8) is 0 Å². The summed E-state index contributed by atoms with van der Waals surface area (Å²) in [6.07, 6.45) is 2.20. The lowest BCUT2D eigenvalue weighted by Gasteiger charge is -2.09. The molecule has 126 valence electrons. The number of para-hydroxylation sites is 1. The molecule has 0 aliphatic heterocycles. The van der Waals surface area contributed by atoms with Crippen LogP contribution in [0.1, 0.15) is 18.9 Å². The van der Waals surface area contributed by atoms with Crippen LogP contribution in [0.25, 0.3) is 11.4 Å². The number of carbonyl (C=O) groups excluding carboxylic acids is 1. The highest BCUT2D eigenvalue weighted by Gasteiger charge is 2.28. The second kappa shape index (κ2) is 6.72. The Morgan fingerprint density at radius 2 is 2.00 bits per heavy atom. The lowest BCUT2D eigenvalue weighted by atomic mass is 10.2. The maximum absolute atomic E-state index is 12.1. The SMILES string of the molecule is O=C(COc1ccccc1)Nc1cccc(-c2nnnn2C2CC2)c1. The predicted molar refractivity (Wildman–Crippen MR) is 92.1 cm³/mol. The summed E-state index contributed by atoms with van der Waals surface area (Å²) in [6.45, 7) is -0.0476. The molecular formula is C18H17N5O2. The zero-order valence-electron chi connectivity index (χ0n) is 13.5. The third kappa shape index (κ3) is 3.65. The van der Waals surface area contributed by atoms with E-state index in [9.17, 15) is 4.79 Å². The molecule has 3 aromatic rings. The number of hydrogen-bond acceptors (Lipinski definition) is 5. The molecule has 1 N–H and O–H groups in total. The van der Waals surface area contributed by atoms with Crippen LogP contribution < -0.4 is 10.1 Å². The molecule has 1 aliphatic rings. The highest BCUT2D eigenvalue weighted by Crippen LogP contribution is 2.36. The number of carbonyl (C=O) groups is 1. The summed E-state index contributed by atoms with van der Waals surface area (Å²) in [6, 6.07) is 17.1. The van der Waals surface area contributed by atoms with Crippen LogP contribution >= 0.6 is 0 Å². The Kier molecular flexibility index (Phi) is 4.12. The fourth-order valence-corrected chi connectivity index (χ4v) is 2.55. The summed E-state index contributed by atoms with van der Waals surface area (Å²) in [5.74, 6) is 1.16. The molecule has 25 heavy (non-hydrogen) atoms. The van der Waals surface area contributed by atoms with Crippen LogP contribution in [0.2, 0.25) is 0 Å². The number of amides is 1. The van der Waals surface area contributed by atoms with Crippen LogP contribution in [0.5, 0.6) is 5.75 Å². The van der Waals surface area contributed by atoms with E-state index in [0.717, 1.165) is 24.2 Å². The number of nitrogens with one attached hydrogen (secondary N) is 1. The Balaban J connectivity index is 1.42. The number of tetrazole rings is 1. The first-order chi connectivity index (χ1) is 12.3. The van der Waals surface area contributed by atoms with Gasteiger partial charge in [-0.25, -0.2) is 4.68 Å². The minimum atomic E-state index is -0.220. The van der Waals surface area contributed by atoms with Crippen LogP contribution in [0.4, 0.5) is 5.69 Å². The van der Waals surface area contributed by atoms with Gasteiger partial charge in [0.2, 0.25) is 0 Å². The van der Waals surface area contributed by atoms with Gasteiger partial charge in [0.25, 0.3) is 5.91 Å². The molecule has 0 bridgehead atoms. The molecule has 1 amide bonds. The highest BCUT2D eigenvalue weighted by molar-refractivity contribution is 5.92. The van der Waals surface area contributed by atoms with Gasteiger partial charge in [-0.3, -0.25) is 4.79 Å². The largest absolute Gasteiger partial charge is 0.484 e. The molecule has 7 heteroatoms. The minimum absolute atomic E-state index is 0.0476. The van der Waals surface area contributed by atoms with Crippen LogP contribution in [0, 0.1) is 0 Å². The van der Waals surface area contributed by atoms with Crippen molar-refractivity contribution in [3.8, 4) is 17.1 Å². The van der Waals surface area contributed by atoms with Gasteiger partial charge >= 0.3 is 0 Å². The van der Waals surface area contributed by atoms with Gasteiger partial charge in [-0.15, -0.1) is 5.10 Å². The van der Waals surface area contributed by atoms with Crippen molar-refractivity contribution >= 4 is 11.6 Å². The van der Waals surface area contributed by atoms with E-state index in [1.165, 1.54) is 0 Å². The van der Waals surface area contributed by atoms with Crippen LogP contribution in [0.3, 0.4) is 0 Å². The van der Waals surface area contributed by atoms with E-state index >= 15 is 0 Å². The maximum Gasteiger partial charge on any atom is 0.262 e. The lowest BCUT2D eigenvalue weighted by molar-refractivity contribution is -0.118. The monoisotopic (exact) mass is 335 g/mol. The van der Waals surface area contributed by atoms with E-state index in [2.05, 4.69) is 20.8 Å². The average molecular weight is 335 g/mol. The van der Waals surface area contributed by atoms with Gasteiger partial charge in [0.1, 0.15) is 5.75 Å². The van der Waals surface area contributed by atoms with Crippen molar-refractivity contribution in [1.82, 2.24) is 20.2 Å². The van der Waals surface area contributed by atoms with E-state index < -0.39 is 0 Å². The van der Waals surface area contributed by atoms with Gasteiger partial charge in [-0.1, -0.05) is 30.3 Å². The van der Waals surface area contributed by atoms with Crippen molar-refractivity contribution in [1.29, 1.82) is 0 Å². The van der Waals surface area contributed by atoms with Gasteiger partial charge in [0.05, 0.1) is 6.04 Å². The molecule has 4 rings (SSSR count). The first-order valence-electron chi connectivity index (χ1n) is 8.15. The molecule has 1 fully saturated rings. The van der Waals surface area contributed by atoms with Crippen LogP contribution in [-0.2, 0) is 4.79 Å². The van der Waals surface area contributed by atoms with E-state index in [0.29, 0.717) is 17.5 Å². The van der Waals surface area contributed by atoms with Gasteiger partial charge in [-0.05, 0) is 47.5 Å². The third-order valence-electron chi connectivity index (χ3n) is 3.90. The molecule has 1 aromatic heterocycles. The molecule has 1 aliphatic carbocycles. The molecular weight excluding hydrogens is 318 g/mol. The Morgan fingerprint density at radius 1 is 1.16 bits per heavy atom. The summed E-state index contributed by atoms with van der Waals surface area (Å²) in [5, 5.41) is 14.8. The van der Waals surface area contributed by atoms with Crippen molar-refractivity contribution in [3.05, 3.63) is 54.6 Å². The molecule has 2 aromatic carbocycles. The van der Waals surface area contributed by atoms with Gasteiger partial charge in [0.15, 0.2) is 12.4 Å². The summed E-state index contributed by atoms with van der Waals surface area (Å²) in [4.78, 5) is 12.1. The standard InChI is InChI=1S/C18H17N5O2/c24-17(12-25-16-7-2-1-3-8-16)19-14-6-4-5-13(11-14)18-20-21-22-23(18)15-9-10-15/h1-8,11,15H,9-10,12H2,(H,19,24). The molecule has 1 heterocycles. The minimum Gasteiger partial charge on any atom is -0.484 e. The summed E-state index contributed by atoms with van der Waals surface area (Å²) < 4.78 is 7.30. The summed E-state index contributed by atoms with van der Waals surface area (Å²) in [5.41, 5.74) is 1.56. The van der Waals surface area contributed by atoms with Crippen molar-refractivity contribution < 1.29 is 9.53 Å². The number of hydrogen-bond donors (Lipinski definition) is 1. The van der Waals surface area contributed by atoms with E-state index in [1.54, 1.807) is 0 Å². The Labute approximate surface area is 144 Å². The normalized spacial score (nSPS) is 13.4. The number of benzene rings is 2. The average Bonchev–Trinajstić information content (AvgIpc) is 3.37. The second-order valence-electron chi connectivity index (χ2n) is 5.91. The number of aromatic nitrogens is 4. The summed E-state index contributed by atoms with van der Waals surface area (Å²) in [7, 11) is 0. The predicted octanol–water partition coefficient (Wildman–Crippen LogP) is 2.69. The van der Waals surface area contributed by atoms with Crippen molar-refractivity contribution in [2.75, 3.05) is 11.9 Å². The van der Waals surface area contributed by atoms with Gasteiger partial charge in [0, 0.05) is 11.3 Å². The number of anilines is 1.